The molecule has 1 heteroatoms. The SMILES string of the molecule is [B]C1CC2CC1C2. The molecule has 0 aliphatic heterocycles. The molecule has 0 aromatic carbocycles. The van der Waals surface area contributed by atoms with Gasteiger partial charge in [-0.15, -0.1) is 0 Å². The summed E-state index contributed by atoms with van der Waals surface area (Å²) in [5.41, 5.74) is 0. The van der Waals surface area contributed by atoms with Crippen LogP contribution in [-0.2, 0) is 0 Å². The molecular formula is C6H9B. The Balaban J connectivity index is 2.13. The fourth-order valence-corrected chi connectivity index (χ4v) is 1.91. The quantitative estimate of drug-likeness (QED) is 0.396. The van der Waals surface area contributed by atoms with Crippen molar-refractivity contribution < 1.29 is 0 Å². The van der Waals surface area contributed by atoms with Gasteiger partial charge in [0.2, 0.25) is 0 Å². The molecule has 0 saturated heterocycles. The molecule has 1 atom stereocenters. The third-order valence-electron chi connectivity index (χ3n) is 2.48. The number of hydrogen-bond acceptors (Lipinski definition) is 0. The fourth-order valence-electron chi connectivity index (χ4n) is 1.91. The van der Waals surface area contributed by atoms with Crippen molar-refractivity contribution in [2.45, 2.75) is 25.1 Å². The molecule has 3 fully saturated rings. The van der Waals surface area contributed by atoms with Crippen LogP contribution in [0.2, 0.25) is 5.82 Å². The first-order chi connectivity index (χ1) is 3.36. The zero-order valence-electron chi connectivity index (χ0n) is 4.43. The van der Waals surface area contributed by atoms with E-state index < -0.39 is 0 Å². The van der Waals surface area contributed by atoms with E-state index in [-0.39, 0.29) is 0 Å². The molecule has 7 heavy (non-hydrogen) atoms. The second kappa shape index (κ2) is 1.07. The molecule has 2 bridgehead atoms. The summed E-state index contributed by atoms with van der Waals surface area (Å²) in [6.07, 6.45) is 4.22. The lowest BCUT2D eigenvalue weighted by Gasteiger charge is -2.23. The summed E-state index contributed by atoms with van der Waals surface area (Å²) in [5.74, 6) is 2.56. The Hall–Kier alpha value is 0.0649. The van der Waals surface area contributed by atoms with Crippen LogP contribution in [0.5, 0.6) is 0 Å². The Morgan fingerprint density at radius 1 is 1.14 bits per heavy atom. The topological polar surface area (TPSA) is 0 Å². The highest BCUT2D eigenvalue weighted by Gasteiger charge is 2.40. The van der Waals surface area contributed by atoms with Crippen molar-refractivity contribution in [1.82, 2.24) is 0 Å². The summed E-state index contributed by atoms with van der Waals surface area (Å²) in [5, 5.41) is 0. The summed E-state index contributed by atoms with van der Waals surface area (Å²) in [6, 6.07) is 0. The van der Waals surface area contributed by atoms with Gasteiger partial charge in [-0.3, -0.25) is 0 Å². The Morgan fingerprint density at radius 3 is 2.00 bits per heavy atom. The Bertz CT molecular complexity index is 84.2. The van der Waals surface area contributed by atoms with Crippen LogP contribution in [0.4, 0.5) is 0 Å². The fraction of sp³-hybridized carbons (Fsp3) is 1.00. The standard InChI is InChI=1S/C6H9B/c7-6-3-4-1-5(6)2-4/h4-6H,1-3H2. The molecule has 1 unspecified atom stereocenters. The first kappa shape index (κ1) is 4.00. The summed E-state index contributed by atoms with van der Waals surface area (Å²) < 4.78 is 0. The summed E-state index contributed by atoms with van der Waals surface area (Å²) >= 11 is 0. The lowest BCUT2D eigenvalue weighted by molar-refractivity contribution is 0.304. The first-order valence-electron chi connectivity index (χ1n) is 3.12. The van der Waals surface area contributed by atoms with Crippen molar-refractivity contribution in [2.24, 2.45) is 11.8 Å². The van der Waals surface area contributed by atoms with Crippen LogP contribution in [0.1, 0.15) is 19.3 Å². The molecule has 0 aromatic rings. The smallest absolute Gasteiger partial charge is 0.0703 e. The predicted octanol–water partition coefficient (Wildman–Crippen LogP) is 1.37. The van der Waals surface area contributed by atoms with E-state index in [0.29, 0.717) is 5.82 Å². The molecule has 0 nitrogen and oxygen atoms in total. The van der Waals surface area contributed by atoms with Gasteiger partial charge in [-0.1, -0.05) is 12.2 Å². The Labute approximate surface area is 45.7 Å². The van der Waals surface area contributed by atoms with Crippen LogP contribution in [0.3, 0.4) is 0 Å². The van der Waals surface area contributed by atoms with E-state index in [4.69, 9.17) is 7.85 Å². The van der Waals surface area contributed by atoms with Crippen LogP contribution in [0, 0.1) is 11.8 Å². The van der Waals surface area contributed by atoms with E-state index in [1.54, 1.807) is 0 Å². The van der Waals surface area contributed by atoms with Crippen LogP contribution in [0.15, 0.2) is 0 Å². The normalized spacial score (nSPS) is 56.9. The molecule has 2 radical (unpaired) electrons. The van der Waals surface area contributed by atoms with Gasteiger partial charge in [-0.05, 0) is 24.7 Å². The van der Waals surface area contributed by atoms with E-state index in [9.17, 15) is 0 Å². The van der Waals surface area contributed by atoms with Gasteiger partial charge in [0.15, 0.2) is 0 Å². The highest BCUT2D eigenvalue weighted by atomic mass is 14.4. The van der Waals surface area contributed by atoms with Gasteiger partial charge in [0.25, 0.3) is 0 Å². The van der Waals surface area contributed by atoms with Gasteiger partial charge < -0.3 is 0 Å². The minimum atomic E-state index is 0.588. The largest absolute Gasteiger partial charge is 0.0743 e. The molecule has 0 N–H and O–H groups in total. The monoisotopic (exact) mass is 92.1 g/mol. The van der Waals surface area contributed by atoms with Crippen molar-refractivity contribution in [1.29, 1.82) is 0 Å². The maximum atomic E-state index is 5.72. The van der Waals surface area contributed by atoms with E-state index >= 15 is 0 Å². The van der Waals surface area contributed by atoms with E-state index in [2.05, 4.69) is 0 Å². The Morgan fingerprint density at radius 2 is 1.86 bits per heavy atom. The summed E-state index contributed by atoms with van der Waals surface area (Å²) in [7, 11) is 5.72. The highest BCUT2D eigenvalue weighted by molar-refractivity contribution is 6.12. The van der Waals surface area contributed by atoms with Crippen molar-refractivity contribution in [2.75, 3.05) is 0 Å². The number of hydrogen-bond donors (Lipinski definition) is 0. The molecule has 3 aliphatic carbocycles. The lowest BCUT2D eigenvalue weighted by Crippen LogP contribution is -2.11. The van der Waals surface area contributed by atoms with Crippen LogP contribution >= 0.6 is 0 Å². The van der Waals surface area contributed by atoms with Gasteiger partial charge >= 0.3 is 0 Å². The number of fused-ring (bicyclic) bond motifs is 1. The van der Waals surface area contributed by atoms with Gasteiger partial charge in [-0.2, -0.15) is 0 Å². The molecule has 3 rings (SSSR count). The van der Waals surface area contributed by atoms with Gasteiger partial charge in [0.1, 0.15) is 0 Å². The molecule has 0 aromatic heterocycles. The van der Waals surface area contributed by atoms with Gasteiger partial charge in [0.05, 0.1) is 7.85 Å². The molecular weight excluding hydrogens is 82.9 g/mol. The third-order valence-corrected chi connectivity index (χ3v) is 2.48. The van der Waals surface area contributed by atoms with Gasteiger partial charge in [-0.25, -0.2) is 0 Å². The average molecular weight is 92.0 g/mol. The van der Waals surface area contributed by atoms with E-state index in [0.717, 1.165) is 11.8 Å². The first-order valence-corrected chi connectivity index (χ1v) is 3.12. The van der Waals surface area contributed by atoms with Crippen molar-refractivity contribution in [3.05, 3.63) is 0 Å². The van der Waals surface area contributed by atoms with Crippen molar-refractivity contribution >= 4 is 7.85 Å². The molecule has 0 amide bonds. The molecule has 3 saturated carbocycles. The maximum Gasteiger partial charge on any atom is 0.0703 e. The van der Waals surface area contributed by atoms with Crippen LogP contribution < -0.4 is 0 Å². The summed E-state index contributed by atoms with van der Waals surface area (Å²) in [4.78, 5) is 0. The maximum absolute atomic E-state index is 5.72. The zero-order valence-corrected chi connectivity index (χ0v) is 4.43. The lowest BCUT2D eigenvalue weighted by atomic mass is 9.76. The molecule has 36 valence electrons. The molecule has 0 heterocycles. The number of rotatable bonds is 0. The minimum absolute atomic E-state index is 0.588. The summed E-state index contributed by atoms with van der Waals surface area (Å²) in [6.45, 7) is 0. The van der Waals surface area contributed by atoms with Crippen molar-refractivity contribution in [3.8, 4) is 0 Å². The average Bonchev–Trinajstić information content (AvgIpc) is 1.85. The highest BCUT2D eigenvalue weighted by Crippen LogP contribution is 2.54. The van der Waals surface area contributed by atoms with Gasteiger partial charge in [0, 0.05) is 0 Å². The van der Waals surface area contributed by atoms with Crippen LogP contribution in [-0.4, -0.2) is 7.85 Å². The minimum Gasteiger partial charge on any atom is -0.0743 e. The molecule has 0 spiro atoms. The Kier molecular flexibility index (Phi) is 0.610. The second-order valence-electron chi connectivity index (χ2n) is 3.00. The molecule has 3 aliphatic rings. The zero-order chi connectivity index (χ0) is 4.85. The third kappa shape index (κ3) is 0.388. The van der Waals surface area contributed by atoms with E-state index in [1.807, 2.05) is 0 Å². The second-order valence-corrected chi connectivity index (χ2v) is 3.00. The van der Waals surface area contributed by atoms with Crippen molar-refractivity contribution in [3.63, 3.8) is 0 Å². The van der Waals surface area contributed by atoms with Crippen LogP contribution in [0.25, 0.3) is 0 Å². The predicted molar refractivity (Wildman–Crippen MR) is 30.3 cm³/mol. The van der Waals surface area contributed by atoms with E-state index in [1.165, 1.54) is 19.3 Å².